The van der Waals surface area contributed by atoms with Crippen LogP contribution in [0, 0.1) is 19.8 Å². The van der Waals surface area contributed by atoms with E-state index < -0.39 is 0 Å². The molecule has 0 unspecified atom stereocenters. The smallest absolute Gasteiger partial charge is 0.222 e. The Kier molecular flexibility index (Phi) is 5.38. The summed E-state index contributed by atoms with van der Waals surface area (Å²) >= 11 is 3.41. The molecule has 1 amide bonds. The Labute approximate surface area is 174 Å². The number of amides is 1. The number of rotatable bonds is 4. The first-order chi connectivity index (χ1) is 13.4. The number of carbonyl (C=O) groups is 1. The van der Waals surface area contributed by atoms with Crippen molar-refractivity contribution >= 4 is 44.6 Å². The number of thiophene rings is 2. The summed E-state index contributed by atoms with van der Waals surface area (Å²) in [6, 6.07) is 4.11. The van der Waals surface area contributed by atoms with Crippen LogP contribution < -0.4 is 4.90 Å². The molecule has 3 aromatic rings. The number of piperazine rings is 1. The van der Waals surface area contributed by atoms with Gasteiger partial charge in [-0.2, -0.15) is 0 Å². The Morgan fingerprint density at radius 3 is 2.57 bits per heavy atom. The minimum Gasteiger partial charge on any atom is -0.352 e. The molecule has 7 heteroatoms. The Morgan fingerprint density at radius 2 is 1.93 bits per heavy atom. The quantitative estimate of drug-likeness (QED) is 0.619. The summed E-state index contributed by atoms with van der Waals surface area (Å²) in [5.41, 5.74) is 1.27. The molecule has 0 saturated carbocycles. The summed E-state index contributed by atoms with van der Waals surface area (Å²) in [6.07, 6.45) is 0.628. The van der Waals surface area contributed by atoms with E-state index in [0.29, 0.717) is 12.3 Å². The number of carbonyl (C=O) groups excluding carboxylic acids is 1. The second-order valence-electron chi connectivity index (χ2n) is 7.78. The summed E-state index contributed by atoms with van der Waals surface area (Å²) in [5.74, 6) is 2.49. The second-order valence-corrected chi connectivity index (χ2v) is 9.93. The van der Waals surface area contributed by atoms with Gasteiger partial charge in [0, 0.05) is 37.5 Å². The molecule has 5 nitrogen and oxygen atoms in total. The van der Waals surface area contributed by atoms with Gasteiger partial charge in [-0.1, -0.05) is 19.9 Å². The largest absolute Gasteiger partial charge is 0.352 e. The van der Waals surface area contributed by atoms with Gasteiger partial charge >= 0.3 is 0 Å². The number of anilines is 1. The van der Waals surface area contributed by atoms with E-state index in [9.17, 15) is 4.79 Å². The zero-order chi connectivity index (χ0) is 19.8. The second kappa shape index (κ2) is 7.79. The van der Waals surface area contributed by atoms with Gasteiger partial charge in [-0.05, 0) is 36.8 Å². The van der Waals surface area contributed by atoms with E-state index in [2.05, 4.69) is 44.0 Å². The fourth-order valence-corrected chi connectivity index (χ4v) is 5.30. The lowest BCUT2D eigenvalue weighted by atomic mass is 10.1. The average Bonchev–Trinajstić information content (AvgIpc) is 3.30. The highest BCUT2D eigenvalue weighted by molar-refractivity contribution is 7.19. The molecule has 1 aliphatic heterocycles. The predicted molar refractivity (Wildman–Crippen MR) is 118 cm³/mol. The van der Waals surface area contributed by atoms with Gasteiger partial charge in [-0.25, -0.2) is 9.97 Å². The van der Waals surface area contributed by atoms with Crippen LogP contribution in [0.3, 0.4) is 0 Å². The summed E-state index contributed by atoms with van der Waals surface area (Å²) in [7, 11) is 0. The third-order valence-electron chi connectivity index (χ3n) is 5.27. The fraction of sp³-hybridized carbons (Fsp3) is 0.476. The van der Waals surface area contributed by atoms with Crippen LogP contribution in [0.25, 0.3) is 20.9 Å². The van der Waals surface area contributed by atoms with Crippen LogP contribution in [0.5, 0.6) is 0 Å². The minimum absolute atomic E-state index is 0.268. The first kappa shape index (κ1) is 19.3. The van der Waals surface area contributed by atoms with Crippen LogP contribution in [0.15, 0.2) is 17.5 Å². The molecule has 0 N–H and O–H groups in total. The molecular formula is C21H26N4OS2. The van der Waals surface area contributed by atoms with Crippen molar-refractivity contribution in [2.45, 2.75) is 34.1 Å². The summed E-state index contributed by atoms with van der Waals surface area (Å²) < 4.78 is 0. The molecule has 3 aromatic heterocycles. The van der Waals surface area contributed by atoms with E-state index in [-0.39, 0.29) is 5.91 Å². The molecule has 1 saturated heterocycles. The molecule has 0 aliphatic carbocycles. The monoisotopic (exact) mass is 414 g/mol. The van der Waals surface area contributed by atoms with Gasteiger partial charge in [0.05, 0.1) is 10.3 Å². The maximum atomic E-state index is 12.4. The zero-order valence-corrected chi connectivity index (χ0v) is 18.5. The van der Waals surface area contributed by atoms with Gasteiger partial charge in [0.25, 0.3) is 0 Å². The number of aryl methyl sites for hydroxylation is 2. The van der Waals surface area contributed by atoms with Crippen molar-refractivity contribution in [3.8, 4) is 10.7 Å². The lowest BCUT2D eigenvalue weighted by Gasteiger charge is -2.36. The highest BCUT2D eigenvalue weighted by Gasteiger charge is 2.26. The third kappa shape index (κ3) is 3.65. The van der Waals surface area contributed by atoms with E-state index >= 15 is 0 Å². The van der Waals surface area contributed by atoms with Crippen molar-refractivity contribution in [1.29, 1.82) is 0 Å². The molecule has 4 rings (SSSR count). The van der Waals surface area contributed by atoms with Gasteiger partial charge in [0.15, 0.2) is 5.82 Å². The Balaban J connectivity index is 1.66. The van der Waals surface area contributed by atoms with Crippen molar-refractivity contribution < 1.29 is 4.79 Å². The number of nitrogens with zero attached hydrogens (tertiary/aromatic N) is 4. The van der Waals surface area contributed by atoms with Crippen LogP contribution in [-0.2, 0) is 4.79 Å². The van der Waals surface area contributed by atoms with Gasteiger partial charge in [0.1, 0.15) is 10.6 Å². The van der Waals surface area contributed by atoms with Crippen molar-refractivity contribution in [2.24, 2.45) is 5.92 Å². The summed E-state index contributed by atoms with van der Waals surface area (Å²) in [4.78, 5) is 30.0. The van der Waals surface area contributed by atoms with Gasteiger partial charge in [0.2, 0.25) is 5.91 Å². The maximum absolute atomic E-state index is 12.4. The van der Waals surface area contributed by atoms with Crippen LogP contribution in [0.2, 0.25) is 0 Å². The summed E-state index contributed by atoms with van der Waals surface area (Å²) in [5, 5.41) is 3.23. The van der Waals surface area contributed by atoms with Crippen molar-refractivity contribution in [3.05, 3.63) is 28.0 Å². The highest BCUT2D eigenvalue weighted by atomic mass is 32.1. The molecule has 0 atom stereocenters. The molecule has 28 heavy (non-hydrogen) atoms. The normalized spacial score (nSPS) is 15.0. The molecule has 1 fully saturated rings. The lowest BCUT2D eigenvalue weighted by Crippen LogP contribution is -2.49. The van der Waals surface area contributed by atoms with E-state index in [4.69, 9.17) is 9.97 Å². The van der Waals surface area contributed by atoms with Gasteiger partial charge < -0.3 is 9.80 Å². The first-order valence-electron chi connectivity index (χ1n) is 9.78. The number of aromatic nitrogens is 2. The lowest BCUT2D eigenvalue weighted by molar-refractivity contribution is -0.132. The maximum Gasteiger partial charge on any atom is 0.222 e. The Morgan fingerprint density at radius 1 is 1.18 bits per heavy atom. The molecule has 0 spiro atoms. The topological polar surface area (TPSA) is 49.3 Å². The fourth-order valence-electron chi connectivity index (χ4n) is 3.62. The SMILES string of the molecule is Cc1sc2nc(-c3cccs3)nc(N3CCN(C(=O)CC(C)C)CC3)c2c1C. The van der Waals surface area contributed by atoms with Gasteiger partial charge in [-0.15, -0.1) is 22.7 Å². The van der Waals surface area contributed by atoms with Crippen molar-refractivity contribution in [2.75, 3.05) is 31.1 Å². The molecule has 1 aliphatic rings. The van der Waals surface area contributed by atoms with Crippen LogP contribution in [-0.4, -0.2) is 47.0 Å². The highest BCUT2D eigenvalue weighted by Crippen LogP contribution is 2.37. The van der Waals surface area contributed by atoms with E-state index in [1.54, 1.807) is 22.7 Å². The van der Waals surface area contributed by atoms with Crippen LogP contribution in [0.4, 0.5) is 5.82 Å². The molecule has 0 bridgehead atoms. The van der Waals surface area contributed by atoms with Crippen LogP contribution >= 0.6 is 22.7 Å². The molecule has 148 valence electrons. The Bertz CT molecular complexity index is 986. The predicted octanol–water partition coefficient (Wildman–Crippen LogP) is 4.73. The Hall–Kier alpha value is -1.99. The average molecular weight is 415 g/mol. The third-order valence-corrected chi connectivity index (χ3v) is 7.23. The first-order valence-corrected chi connectivity index (χ1v) is 11.5. The number of fused-ring (bicyclic) bond motifs is 1. The summed E-state index contributed by atoms with van der Waals surface area (Å²) in [6.45, 7) is 11.6. The van der Waals surface area contributed by atoms with Gasteiger partial charge in [-0.3, -0.25) is 4.79 Å². The van der Waals surface area contributed by atoms with Crippen molar-refractivity contribution in [3.63, 3.8) is 0 Å². The standard InChI is InChI=1S/C21H26N4OS2/c1-13(2)12-17(26)24-7-9-25(10-8-24)20-18-14(3)15(4)28-21(18)23-19(22-20)16-6-5-11-27-16/h5-6,11,13H,7-10,12H2,1-4H3. The van der Waals surface area contributed by atoms with E-state index in [1.807, 2.05) is 11.0 Å². The molecule has 0 radical (unpaired) electrons. The zero-order valence-electron chi connectivity index (χ0n) is 16.9. The van der Waals surface area contributed by atoms with Crippen LogP contribution in [0.1, 0.15) is 30.7 Å². The molecular weight excluding hydrogens is 388 g/mol. The van der Waals surface area contributed by atoms with E-state index in [0.717, 1.165) is 47.5 Å². The van der Waals surface area contributed by atoms with Crippen molar-refractivity contribution in [1.82, 2.24) is 14.9 Å². The number of hydrogen-bond donors (Lipinski definition) is 0. The molecule has 4 heterocycles. The van der Waals surface area contributed by atoms with E-state index in [1.165, 1.54) is 15.8 Å². The molecule has 0 aromatic carbocycles. The minimum atomic E-state index is 0.268. The number of hydrogen-bond acceptors (Lipinski definition) is 6.